The fourth-order valence-electron chi connectivity index (χ4n) is 2.13. The van der Waals surface area contributed by atoms with E-state index < -0.39 is 0 Å². The first kappa shape index (κ1) is 10.7. The van der Waals surface area contributed by atoms with Crippen LogP contribution in [0.3, 0.4) is 0 Å². The van der Waals surface area contributed by atoms with Crippen LogP contribution in [0.4, 0.5) is 0 Å². The number of aryl methyl sites for hydroxylation is 1. The van der Waals surface area contributed by atoms with E-state index in [2.05, 4.69) is 26.8 Å². The molecule has 15 heavy (non-hydrogen) atoms. The molecule has 0 saturated heterocycles. The highest BCUT2D eigenvalue weighted by atomic mass is 16.5. The van der Waals surface area contributed by atoms with E-state index in [1.165, 1.54) is 12.0 Å². The van der Waals surface area contributed by atoms with Crippen LogP contribution in [0.2, 0.25) is 0 Å². The summed E-state index contributed by atoms with van der Waals surface area (Å²) in [6.07, 6.45) is 3.59. The van der Waals surface area contributed by atoms with Crippen LogP contribution in [-0.4, -0.2) is 7.11 Å². The standard InChI is InChI=1S/C13H20O2/c1-13(2,3)12-8-9-10(14-4)6-5-7-11(9)15-12/h8,10H,5-7H2,1-4H3. The molecule has 84 valence electrons. The first-order valence-electron chi connectivity index (χ1n) is 5.68. The van der Waals surface area contributed by atoms with Gasteiger partial charge in [0, 0.05) is 24.5 Å². The second-order valence-corrected chi connectivity index (χ2v) is 5.36. The van der Waals surface area contributed by atoms with Crippen LogP contribution in [0.15, 0.2) is 10.5 Å². The molecule has 1 aromatic heterocycles. The predicted octanol–water partition coefficient (Wildman–Crippen LogP) is 3.60. The zero-order valence-corrected chi connectivity index (χ0v) is 10.1. The fourth-order valence-corrected chi connectivity index (χ4v) is 2.13. The van der Waals surface area contributed by atoms with Crippen molar-refractivity contribution in [2.45, 2.75) is 51.6 Å². The van der Waals surface area contributed by atoms with Crippen LogP contribution in [0, 0.1) is 0 Å². The van der Waals surface area contributed by atoms with Crippen molar-refractivity contribution < 1.29 is 9.15 Å². The Morgan fingerprint density at radius 1 is 1.40 bits per heavy atom. The van der Waals surface area contributed by atoms with Crippen LogP contribution in [-0.2, 0) is 16.6 Å². The summed E-state index contributed by atoms with van der Waals surface area (Å²) in [4.78, 5) is 0. The second-order valence-electron chi connectivity index (χ2n) is 5.36. The smallest absolute Gasteiger partial charge is 0.110 e. The first-order chi connectivity index (χ1) is 7.02. The molecule has 0 aliphatic heterocycles. The molecular formula is C13H20O2. The molecule has 2 nitrogen and oxygen atoms in total. The molecule has 1 unspecified atom stereocenters. The Balaban J connectivity index is 2.37. The lowest BCUT2D eigenvalue weighted by molar-refractivity contribution is 0.0857. The van der Waals surface area contributed by atoms with Crippen LogP contribution in [0.5, 0.6) is 0 Å². The van der Waals surface area contributed by atoms with Gasteiger partial charge in [-0.3, -0.25) is 0 Å². The summed E-state index contributed by atoms with van der Waals surface area (Å²) in [5, 5.41) is 0. The van der Waals surface area contributed by atoms with E-state index in [-0.39, 0.29) is 11.5 Å². The minimum absolute atomic E-state index is 0.0929. The van der Waals surface area contributed by atoms with Gasteiger partial charge in [0.1, 0.15) is 11.5 Å². The molecule has 0 bridgehead atoms. The minimum Gasteiger partial charge on any atom is -0.465 e. The third kappa shape index (κ3) is 1.96. The fraction of sp³-hybridized carbons (Fsp3) is 0.692. The van der Waals surface area contributed by atoms with Crippen molar-refractivity contribution in [2.75, 3.05) is 7.11 Å². The summed E-state index contributed by atoms with van der Waals surface area (Å²) >= 11 is 0. The molecule has 0 aromatic carbocycles. The summed E-state index contributed by atoms with van der Waals surface area (Å²) < 4.78 is 11.4. The van der Waals surface area contributed by atoms with Crippen molar-refractivity contribution in [3.05, 3.63) is 23.2 Å². The third-order valence-corrected chi connectivity index (χ3v) is 3.08. The molecule has 1 aliphatic rings. The Morgan fingerprint density at radius 3 is 2.73 bits per heavy atom. The van der Waals surface area contributed by atoms with E-state index in [0.717, 1.165) is 24.4 Å². The maximum absolute atomic E-state index is 5.92. The lowest BCUT2D eigenvalue weighted by atomic mass is 9.91. The van der Waals surface area contributed by atoms with Gasteiger partial charge in [-0.1, -0.05) is 20.8 Å². The predicted molar refractivity (Wildman–Crippen MR) is 60.1 cm³/mol. The molecule has 2 rings (SSSR count). The van der Waals surface area contributed by atoms with Gasteiger partial charge in [-0.05, 0) is 18.9 Å². The Labute approximate surface area is 91.6 Å². The normalized spacial score (nSPS) is 21.5. The van der Waals surface area contributed by atoms with Crippen LogP contribution >= 0.6 is 0 Å². The molecular weight excluding hydrogens is 188 g/mol. The Bertz CT molecular complexity index is 344. The molecule has 0 spiro atoms. The van der Waals surface area contributed by atoms with Crippen molar-refractivity contribution in [2.24, 2.45) is 0 Å². The SMILES string of the molecule is COC1CCCc2oc(C(C)(C)C)cc21. The van der Waals surface area contributed by atoms with Crippen molar-refractivity contribution in [1.29, 1.82) is 0 Å². The number of hydrogen-bond acceptors (Lipinski definition) is 2. The van der Waals surface area contributed by atoms with Crippen LogP contribution in [0.25, 0.3) is 0 Å². The van der Waals surface area contributed by atoms with E-state index >= 15 is 0 Å². The zero-order chi connectivity index (χ0) is 11.1. The molecule has 1 aromatic rings. The summed E-state index contributed by atoms with van der Waals surface area (Å²) in [6, 6.07) is 2.18. The number of methoxy groups -OCH3 is 1. The van der Waals surface area contributed by atoms with Crippen LogP contribution in [0.1, 0.15) is 56.8 Å². The zero-order valence-electron chi connectivity index (χ0n) is 10.1. The van der Waals surface area contributed by atoms with Gasteiger partial charge in [-0.25, -0.2) is 0 Å². The number of ether oxygens (including phenoxy) is 1. The molecule has 1 heterocycles. The molecule has 1 atom stereocenters. The van der Waals surface area contributed by atoms with Gasteiger partial charge >= 0.3 is 0 Å². The summed E-state index contributed by atoms with van der Waals surface area (Å²) in [5.41, 5.74) is 1.36. The molecule has 0 saturated carbocycles. The second kappa shape index (κ2) is 3.67. The van der Waals surface area contributed by atoms with E-state index in [9.17, 15) is 0 Å². The molecule has 0 amide bonds. The highest BCUT2D eigenvalue weighted by Crippen LogP contribution is 2.37. The van der Waals surface area contributed by atoms with Gasteiger partial charge in [0.05, 0.1) is 6.10 Å². The van der Waals surface area contributed by atoms with Crippen molar-refractivity contribution in [3.63, 3.8) is 0 Å². The molecule has 0 fully saturated rings. The van der Waals surface area contributed by atoms with Crippen molar-refractivity contribution >= 4 is 0 Å². The summed E-state index contributed by atoms with van der Waals surface area (Å²) in [6.45, 7) is 6.54. The van der Waals surface area contributed by atoms with Crippen molar-refractivity contribution in [3.8, 4) is 0 Å². The maximum Gasteiger partial charge on any atom is 0.110 e. The lowest BCUT2D eigenvalue weighted by Crippen LogP contribution is -2.09. The van der Waals surface area contributed by atoms with Crippen LogP contribution < -0.4 is 0 Å². The lowest BCUT2D eigenvalue weighted by Gasteiger charge is -2.19. The van der Waals surface area contributed by atoms with Gasteiger partial charge in [-0.15, -0.1) is 0 Å². The number of furan rings is 1. The van der Waals surface area contributed by atoms with Gasteiger partial charge in [0.25, 0.3) is 0 Å². The minimum atomic E-state index is 0.0929. The molecule has 0 radical (unpaired) electrons. The topological polar surface area (TPSA) is 22.4 Å². The Morgan fingerprint density at radius 2 is 2.13 bits per heavy atom. The Hall–Kier alpha value is -0.760. The number of hydrogen-bond donors (Lipinski definition) is 0. The van der Waals surface area contributed by atoms with E-state index in [4.69, 9.17) is 9.15 Å². The van der Waals surface area contributed by atoms with Crippen molar-refractivity contribution in [1.82, 2.24) is 0 Å². The number of rotatable bonds is 1. The maximum atomic E-state index is 5.92. The summed E-state index contributed by atoms with van der Waals surface area (Å²) in [7, 11) is 1.78. The number of fused-ring (bicyclic) bond motifs is 1. The quantitative estimate of drug-likeness (QED) is 0.703. The first-order valence-corrected chi connectivity index (χ1v) is 5.68. The largest absolute Gasteiger partial charge is 0.465 e. The third-order valence-electron chi connectivity index (χ3n) is 3.08. The molecule has 2 heteroatoms. The molecule has 0 N–H and O–H groups in total. The summed E-state index contributed by atoms with van der Waals surface area (Å²) in [5.74, 6) is 2.22. The van der Waals surface area contributed by atoms with Gasteiger partial charge in [-0.2, -0.15) is 0 Å². The van der Waals surface area contributed by atoms with Gasteiger partial charge < -0.3 is 9.15 Å². The van der Waals surface area contributed by atoms with Gasteiger partial charge in [0.15, 0.2) is 0 Å². The van der Waals surface area contributed by atoms with E-state index in [1.807, 2.05) is 0 Å². The van der Waals surface area contributed by atoms with E-state index in [0.29, 0.717) is 0 Å². The highest BCUT2D eigenvalue weighted by Gasteiger charge is 2.27. The van der Waals surface area contributed by atoms with Gasteiger partial charge in [0.2, 0.25) is 0 Å². The van der Waals surface area contributed by atoms with E-state index in [1.54, 1.807) is 7.11 Å². The monoisotopic (exact) mass is 208 g/mol. The highest BCUT2D eigenvalue weighted by molar-refractivity contribution is 5.29. The molecule has 1 aliphatic carbocycles. The average molecular weight is 208 g/mol. The average Bonchev–Trinajstić information content (AvgIpc) is 2.59. The Kier molecular flexibility index (Phi) is 2.63.